The Bertz CT molecular complexity index is 1220. The van der Waals surface area contributed by atoms with E-state index in [1.54, 1.807) is 24.4 Å². The molecule has 0 atom stereocenters. The van der Waals surface area contributed by atoms with E-state index in [-0.39, 0.29) is 16.6 Å². The van der Waals surface area contributed by atoms with Crippen LogP contribution in [0.3, 0.4) is 0 Å². The number of sulfone groups is 1. The average molecular weight is 438 g/mol. The highest BCUT2D eigenvalue weighted by Gasteiger charge is 2.22. The minimum atomic E-state index is -3.28. The van der Waals surface area contributed by atoms with Gasteiger partial charge in [-0.25, -0.2) is 18.4 Å². The molecule has 10 heteroatoms. The van der Waals surface area contributed by atoms with Gasteiger partial charge in [-0.05, 0) is 30.3 Å². The van der Waals surface area contributed by atoms with E-state index in [4.69, 9.17) is 4.74 Å². The number of hydrogen-bond acceptors (Lipinski definition) is 7. The predicted octanol–water partition coefficient (Wildman–Crippen LogP) is 0.337. The molecular weight excluding hydrogens is 415 g/mol. The summed E-state index contributed by atoms with van der Waals surface area (Å²) in [4.78, 5) is 23.7. The Morgan fingerprint density at radius 2 is 1.71 bits per heavy atom. The number of aromatic nitrogens is 3. The van der Waals surface area contributed by atoms with Gasteiger partial charge in [-0.15, -0.1) is 0 Å². The molecule has 8 nitrogen and oxygen atoms in total. The second kappa shape index (κ2) is 8.54. The molecule has 3 aromatic rings. The molecule has 1 aliphatic heterocycles. The predicted molar refractivity (Wildman–Crippen MR) is 121 cm³/mol. The summed E-state index contributed by atoms with van der Waals surface area (Å²) in [7, 11) is -1.32. The summed E-state index contributed by atoms with van der Waals surface area (Å²) in [6.07, 6.45) is 8.07. The van der Waals surface area contributed by atoms with Crippen molar-refractivity contribution in [2.45, 2.75) is 23.8 Å². The van der Waals surface area contributed by atoms with Gasteiger partial charge in [-0.1, -0.05) is 5.46 Å². The molecule has 160 valence electrons. The first kappa shape index (κ1) is 21.1. The van der Waals surface area contributed by atoms with Gasteiger partial charge < -0.3 is 9.64 Å². The zero-order valence-corrected chi connectivity index (χ0v) is 18.2. The highest BCUT2D eigenvalue weighted by Crippen LogP contribution is 2.20. The fraction of sp³-hybridized carbons (Fsp3) is 0.286. The number of pyridine rings is 1. The number of anilines is 1. The highest BCUT2D eigenvalue weighted by atomic mass is 32.2. The standard InChI is InChI=1S/C21H23BN4O4S/c1-31(28,29)19-4-2-16(3-5-19)26-11-8-18(12-20(26)27)30-17-6-9-25(10-7-17)21-23-13-15(22)14-24-21/h2-5,8,11-14,17H,6-7,9-10,22H2,1H3. The van der Waals surface area contributed by atoms with Crippen LogP contribution in [0.25, 0.3) is 5.69 Å². The molecule has 2 aromatic heterocycles. The van der Waals surface area contributed by atoms with Gasteiger partial charge in [0.1, 0.15) is 19.7 Å². The lowest BCUT2D eigenvalue weighted by Gasteiger charge is -2.32. The van der Waals surface area contributed by atoms with Gasteiger partial charge in [0.05, 0.1) is 4.90 Å². The van der Waals surface area contributed by atoms with Crippen molar-refractivity contribution in [2.75, 3.05) is 24.2 Å². The number of piperidine rings is 1. The Kier molecular flexibility index (Phi) is 5.82. The molecule has 1 saturated heterocycles. The van der Waals surface area contributed by atoms with E-state index in [2.05, 4.69) is 14.9 Å². The molecule has 0 aliphatic carbocycles. The number of benzene rings is 1. The molecule has 3 heterocycles. The average Bonchev–Trinajstić information content (AvgIpc) is 2.75. The van der Waals surface area contributed by atoms with Crippen LogP contribution in [0.2, 0.25) is 0 Å². The second-order valence-corrected chi connectivity index (χ2v) is 9.72. The van der Waals surface area contributed by atoms with Gasteiger partial charge in [0.15, 0.2) is 9.84 Å². The Balaban J connectivity index is 1.40. The third-order valence-electron chi connectivity index (χ3n) is 5.23. The smallest absolute Gasteiger partial charge is 0.258 e. The summed E-state index contributed by atoms with van der Waals surface area (Å²) in [6.45, 7) is 1.58. The first-order valence-electron chi connectivity index (χ1n) is 10.0. The van der Waals surface area contributed by atoms with E-state index in [0.29, 0.717) is 11.4 Å². The van der Waals surface area contributed by atoms with E-state index in [0.717, 1.165) is 43.6 Å². The van der Waals surface area contributed by atoms with Gasteiger partial charge in [-0.3, -0.25) is 9.36 Å². The first-order valence-corrected chi connectivity index (χ1v) is 11.9. The van der Waals surface area contributed by atoms with Gasteiger partial charge in [-0.2, -0.15) is 0 Å². The Labute approximate surface area is 181 Å². The Hall–Kier alpha value is -3.14. The van der Waals surface area contributed by atoms with Gasteiger partial charge in [0.25, 0.3) is 5.56 Å². The van der Waals surface area contributed by atoms with Crippen molar-refractivity contribution >= 4 is 29.1 Å². The molecule has 0 spiro atoms. The molecule has 0 unspecified atom stereocenters. The monoisotopic (exact) mass is 438 g/mol. The molecule has 4 rings (SSSR count). The van der Waals surface area contributed by atoms with Gasteiger partial charge in [0.2, 0.25) is 5.95 Å². The third kappa shape index (κ3) is 4.96. The SMILES string of the molecule is Bc1cnc(N2CCC(Oc3ccn(-c4ccc(S(C)(=O)=O)cc4)c(=O)c3)CC2)nc1. The fourth-order valence-corrected chi connectivity index (χ4v) is 4.15. The van der Waals surface area contributed by atoms with Crippen molar-refractivity contribution in [1.29, 1.82) is 0 Å². The first-order chi connectivity index (χ1) is 14.8. The zero-order valence-electron chi connectivity index (χ0n) is 17.4. The van der Waals surface area contributed by atoms with Crippen LogP contribution in [0, 0.1) is 0 Å². The number of hydrogen-bond donors (Lipinski definition) is 0. The van der Waals surface area contributed by atoms with Gasteiger partial charge in [0, 0.05) is 62.5 Å². The van der Waals surface area contributed by atoms with E-state index >= 15 is 0 Å². The summed E-state index contributed by atoms with van der Waals surface area (Å²) in [6, 6.07) is 9.42. The van der Waals surface area contributed by atoms with Crippen LogP contribution < -0.4 is 20.7 Å². The quantitative estimate of drug-likeness (QED) is 0.531. The number of nitrogens with zero attached hydrogens (tertiary/aromatic N) is 4. The normalized spacial score (nSPS) is 15.1. The maximum atomic E-state index is 12.6. The van der Waals surface area contributed by atoms with Crippen LogP contribution in [-0.2, 0) is 9.84 Å². The van der Waals surface area contributed by atoms with Crippen molar-refractivity contribution in [3.8, 4) is 11.4 Å². The molecule has 31 heavy (non-hydrogen) atoms. The van der Waals surface area contributed by atoms with Crippen LogP contribution >= 0.6 is 0 Å². The third-order valence-corrected chi connectivity index (χ3v) is 6.36. The Morgan fingerprint density at radius 1 is 1.06 bits per heavy atom. The topological polar surface area (TPSA) is 94.4 Å². The van der Waals surface area contributed by atoms with Crippen LogP contribution in [0.4, 0.5) is 5.95 Å². The van der Waals surface area contributed by atoms with Crippen LogP contribution in [-0.4, -0.2) is 56.2 Å². The van der Waals surface area contributed by atoms with Crippen molar-refractivity contribution in [1.82, 2.24) is 14.5 Å². The minimum absolute atomic E-state index is 0.0194. The summed E-state index contributed by atoms with van der Waals surface area (Å²) in [5, 5.41) is 0. The lowest BCUT2D eigenvalue weighted by molar-refractivity contribution is 0.170. The van der Waals surface area contributed by atoms with Gasteiger partial charge >= 0.3 is 0 Å². The molecule has 1 aliphatic rings. The van der Waals surface area contributed by atoms with E-state index in [1.165, 1.54) is 22.8 Å². The highest BCUT2D eigenvalue weighted by molar-refractivity contribution is 7.90. The zero-order chi connectivity index (χ0) is 22.0. The minimum Gasteiger partial charge on any atom is -0.490 e. The van der Waals surface area contributed by atoms with Crippen LogP contribution in [0.1, 0.15) is 12.8 Å². The summed E-state index contributed by atoms with van der Waals surface area (Å²) < 4.78 is 30.7. The number of ether oxygens (including phenoxy) is 1. The van der Waals surface area contributed by atoms with E-state index in [9.17, 15) is 13.2 Å². The maximum absolute atomic E-state index is 12.6. The molecule has 0 amide bonds. The van der Waals surface area contributed by atoms with Crippen molar-refractivity contribution in [2.24, 2.45) is 0 Å². The molecule has 0 bridgehead atoms. The maximum Gasteiger partial charge on any atom is 0.258 e. The molecule has 0 saturated carbocycles. The largest absolute Gasteiger partial charge is 0.490 e. The van der Waals surface area contributed by atoms with E-state index < -0.39 is 9.84 Å². The molecule has 0 N–H and O–H groups in total. The lowest BCUT2D eigenvalue weighted by atomic mass is 10.0. The lowest BCUT2D eigenvalue weighted by Crippen LogP contribution is -2.39. The Morgan fingerprint density at radius 3 is 2.29 bits per heavy atom. The second-order valence-electron chi connectivity index (χ2n) is 7.70. The van der Waals surface area contributed by atoms with Crippen LogP contribution in [0.5, 0.6) is 5.75 Å². The summed E-state index contributed by atoms with van der Waals surface area (Å²) in [5.74, 6) is 1.26. The summed E-state index contributed by atoms with van der Waals surface area (Å²) in [5.41, 5.74) is 1.38. The van der Waals surface area contributed by atoms with E-state index in [1.807, 2.05) is 20.2 Å². The molecule has 1 fully saturated rings. The molecular formula is C21H23BN4O4S. The summed E-state index contributed by atoms with van der Waals surface area (Å²) >= 11 is 0. The van der Waals surface area contributed by atoms with Crippen LogP contribution in [0.15, 0.2) is 64.7 Å². The molecule has 0 radical (unpaired) electrons. The number of rotatable bonds is 5. The fourth-order valence-electron chi connectivity index (χ4n) is 3.52. The van der Waals surface area contributed by atoms with Crippen molar-refractivity contribution in [3.05, 3.63) is 65.3 Å². The van der Waals surface area contributed by atoms with Crippen molar-refractivity contribution < 1.29 is 13.2 Å². The van der Waals surface area contributed by atoms with Crippen molar-refractivity contribution in [3.63, 3.8) is 0 Å². The molecule has 1 aromatic carbocycles.